The van der Waals surface area contributed by atoms with Crippen LogP contribution in [0.4, 0.5) is 0 Å². The molecule has 0 spiro atoms. The van der Waals surface area contributed by atoms with Crippen molar-refractivity contribution in [2.24, 2.45) is 0 Å². The van der Waals surface area contributed by atoms with Gasteiger partial charge in [-0.05, 0) is 20.8 Å². The Hall–Kier alpha value is -0.730. The monoisotopic (exact) mass is 278 g/mol. The van der Waals surface area contributed by atoms with Crippen molar-refractivity contribution in [1.82, 2.24) is 0 Å². The van der Waals surface area contributed by atoms with E-state index in [1.807, 2.05) is 32.0 Å². The molecule has 0 bridgehead atoms. The number of aryl methyl sites for hydroxylation is 1. The summed E-state index contributed by atoms with van der Waals surface area (Å²) in [6, 6.07) is 10.3. The molecule has 0 atom stereocenters. The van der Waals surface area contributed by atoms with Crippen molar-refractivity contribution in [1.29, 1.82) is 0 Å². The molecule has 17 heavy (non-hydrogen) atoms. The van der Waals surface area contributed by atoms with Crippen LogP contribution < -0.4 is 0 Å². The number of carbonyl (C=O) groups excluding carboxylic acids is 1. The number of benzene rings is 1. The molecule has 1 aromatic carbocycles. The third-order valence-corrected chi connectivity index (χ3v) is 1.34. The molecule has 0 heterocycles. The highest BCUT2D eigenvalue weighted by molar-refractivity contribution is 6.40. The van der Waals surface area contributed by atoms with Gasteiger partial charge in [0.1, 0.15) is 0 Å². The zero-order chi connectivity index (χ0) is 13.7. The average molecular weight is 279 g/mol. The fraction of sp³-hybridized carbons (Fsp3) is 0.462. The van der Waals surface area contributed by atoms with Crippen LogP contribution in [0.15, 0.2) is 30.3 Å². The number of hydrogen-bond acceptors (Lipinski definition) is 2. The molecule has 0 aliphatic carbocycles. The highest BCUT2D eigenvalue weighted by Gasteiger charge is 1.93. The lowest BCUT2D eigenvalue weighted by atomic mass is 10.2. The topological polar surface area (TPSA) is 26.3 Å². The molecule has 0 radical (unpaired) electrons. The van der Waals surface area contributed by atoms with Crippen LogP contribution in [0.2, 0.25) is 0 Å². The Morgan fingerprint density at radius 2 is 1.65 bits per heavy atom. The summed E-state index contributed by atoms with van der Waals surface area (Å²) in [4.78, 5) is 10.0. The Labute approximate surface area is 114 Å². The lowest BCUT2D eigenvalue weighted by Gasteiger charge is -2.01. The van der Waals surface area contributed by atoms with E-state index in [0.717, 1.165) is 0 Å². The van der Waals surface area contributed by atoms with Gasteiger partial charge < -0.3 is 4.74 Å². The molecule has 0 fully saturated rings. The minimum atomic E-state index is -0.213. The van der Waals surface area contributed by atoms with E-state index in [0.29, 0.717) is 0 Å². The highest BCUT2D eigenvalue weighted by atomic mass is 35.5. The first-order chi connectivity index (χ1) is 7.93. The molecule has 0 saturated heterocycles. The third-order valence-electron chi connectivity index (χ3n) is 1.34. The normalized spacial score (nSPS) is 8.41. The molecular weight excluding hydrogens is 259 g/mol. The molecule has 0 aromatic heterocycles. The second-order valence-corrected chi connectivity index (χ2v) is 4.22. The molecule has 0 aliphatic rings. The second-order valence-electron chi connectivity index (χ2n) is 3.41. The van der Waals surface area contributed by atoms with E-state index < -0.39 is 0 Å². The molecule has 0 aliphatic heterocycles. The van der Waals surface area contributed by atoms with Crippen LogP contribution in [-0.2, 0) is 9.53 Å². The smallest absolute Gasteiger partial charge is 0.302 e. The number of halogens is 2. The molecule has 2 nitrogen and oxygen atoms in total. The van der Waals surface area contributed by atoms with Crippen LogP contribution in [0.25, 0.3) is 0 Å². The van der Waals surface area contributed by atoms with E-state index in [-0.39, 0.29) is 17.4 Å². The van der Waals surface area contributed by atoms with E-state index in [4.69, 9.17) is 23.2 Å². The second kappa shape index (κ2) is 13.3. The third kappa shape index (κ3) is 21.2. The summed E-state index contributed by atoms with van der Waals surface area (Å²) in [6.07, 6.45) is 0.0255. The summed E-state index contributed by atoms with van der Waals surface area (Å²) in [5, 5.41) is 0.194. The van der Waals surface area contributed by atoms with Gasteiger partial charge in [0.25, 0.3) is 0 Å². The van der Waals surface area contributed by atoms with Crippen LogP contribution >= 0.6 is 23.2 Å². The lowest BCUT2D eigenvalue weighted by molar-refractivity contribution is -0.144. The standard InChI is InChI=1S/C7H8.C5H10O2.CH2Cl2/c1-7-5-3-2-4-6-7;1-4(2)7-5(3)6;2-1-3/h2-6H,1H3;4H,1-3H3;1H2. The molecule has 1 aromatic rings. The highest BCUT2D eigenvalue weighted by Crippen LogP contribution is 1.92. The number of rotatable bonds is 1. The van der Waals surface area contributed by atoms with E-state index in [2.05, 4.69) is 23.8 Å². The van der Waals surface area contributed by atoms with E-state index in [1.165, 1.54) is 12.5 Å². The summed E-state index contributed by atoms with van der Waals surface area (Å²) >= 11 is 9.53. The van der Waals surface area contributed by atoms with Gasteiger partial charge in [-0.25, -0.2) is 0 Å². The summed E-state index contributed by atoms with van der Waals surface area (Å²) < 4.78 is 4.61. The SMILES string of the molecule is CC(=O)OC(C)C.Cc1ccccc1.ClCCl. The van der Waals surface area contributed by atoms with Crippen molar-refractivity contribution < 1.29 is 9.53 Å². The van der Waals surface area contributed by atoms with Gasteiger partial charge in [-0.15, -0.1) is 23.2 Å². The Kier molecular flexibility index (Phi) is 14.6. The molecule has 1 rings (SSSR count). The van der Waals surface area contributed by atoms with Gasteiger partial charge in [0, 0.05) is 6.92 Å². The van der Waals surface area contributed by atoms with E-state index in [9.17, 15) is 4.79 Å². The Morgan fingerprint density at radius 1 is 1.24 bits per heavy atom. The zero-order valence-corrected chi connectivity index (χ0v) is 12.3. The quantitative estimate of drug-likeness (QED) is 0.563. The maximum atomic E-state index is 10.0. The molecular formula is C13H20Cl2O2. The van der Waals surface area contributed by atoms with Gasteiger partial charge in [-0.1, -0.05) is 35.9 Å². The van der Waals surface area contributed by atoms with Crippen LogP contribution in [0.1, 0.15) is 26.3 Å². The van der Waals surface area contributed by atoms with Crippen molar-refractivity contribution in [3.63, 3.8) is 0 Å². The summed E-state index contributed by atoms with van der Waals surface area (Å²) in [7, 11) is 0. The fourth-order valence-electron chi connectivity index (χ4n) is 0.866. The predicted octanol–water partition coefficient (Wildman–Crippen LogP) is 4.37. The summed E-state index contributed by atoms with van der Waals surface area (Å²) in [5.41, 5.74) is 1.32. The fourth-order valence-corrected chi connectivity index (χ4v) is 0.866. The van der Waals surface area contributed by atoms with Crippen molar-refractivity contribution >= 4 is 29.2 Å². The van der Waals surface area contributed by atoms with Gasteiger partial charge in [-0.3, -0.25) is 4.79 Å². The lowest BCUT2D eigenvalue weighted by Crippen LogP contribution is -2.06. The molecule has 98 valence electrons. The summed E-state index contributed by atoms with van der Waals surface area (Å²) in [6.45, 7) is 7.13. The molecule has 0 N–H and O–H groups in total. The number of carbonyl (C=O) groups is 1. The average Bonchev–Trinajstić information content (AvgIpc) is 2.18. The summed E-state index contributed by atoms with van der Waals surface area (Å²) in [5.74, 6) is -0.213. The number of esters is 1. The minimum Gasteiger partial charge on any atom is -0.463 e. The van der Waals surface area contributed by atoms with Crippen molar-refractivity contribution in [2.75, 3.05) is 5.34 Å². The first-order valence-corrected chi connectivity index (χ1v) is 6.31. The number of ether oxygens (including phenoxy) is 1. The molecule has 0 amide bonds. The van der Waals surface area contributed by atoms with E-state index in [1.54, 1.807) is 0 Å². The van der Waals surface area contributed by atoms with Crippen molar-refractivity contribution in [3.8, 4) is 0 Å². The van der Waals surface area contributed by atoms with Crippen LogP contribution in [-0.4, -0.2) is 17.4 Å². The first-order valence-electron chi connectivity index (χ1n) is 5.24. The number of alkyl halides is 2. The van der Waals surface area contributed by atoms with Crippen molar-refractivity contribution in [3.05, 3.63) is 35.9 Å². The van der Waals surface area contributed by atoms with Gasteiger partial charge in [0.05, 0.1) is 11.4 Å². The van der Waals surface area contributed by atoms with Crippen LogP contribution in [0, 0.1) is 6.92 Å². The Bertz CT molecular complexity index is 274. The molecule has 4 heteroatoms. The van der Waals surface area contributed by atoms with Gasteiger partial charge in [0.2, 0.25) is 0 Å². The molecule has 0 saturated carbocycles. The first kappa shape index (κ1) is 18.6. The maximum Gasteiger partial charge on any atom is 0.302 e. The maximum absolute atomic E-state index is 10.0. The van der Waals surface area contributed by atoms with Crippen LogP contribution in [0.3, 0.4) is 0 Å². The van der Waals surface area contributed by atoms with Gasteiger partial charge in [0.15, 0.2) is 0 Å². The Morgan fingerprint density at radius 3 is 1.76 bits per heavy atom. The van der Waals surface area contributed by atoms with Gasteiger partial charge in [-0.2, -0.15) is 0 Å². The van der Waals surface area contributed by atoms with Gasteiger partial charge >= 0.3 is 5.97 Å². The number of hydrogen-bond donors (Lipinski definition) is 0. The minimum absolute atomic E-state index is 0.0255. The van der Waals surface area contributed by atoms with E-state index >= 15 is 0 Å². The zero-order valence-electron chi connectivity index (χ0n) is 10.7. The largest absolute Gasteiger partial charge is 0.463 e. The van der Waals surface area contributed by atoms with Crippen molar-refractivity contribution in [2.45, 2.75) is 33.8 Å². The molecule has 0 unspecified atom stereocenters. The Balaban J connectivity index is 0. The van der Waals surface area contributed by atoms with Crippen LogP contribution in [0.5, 0.6) is 0 Å². The predicted molar refractivity (Wildman–Crippen MR) is 74.7 cm³/mol.